The standard InChI is InChI=1S/C21H17N5O3/c1-24-19-18(20(27)25(2)21(24)28)26(12-22-19)11-16-10-17(29-23-16)15-8-7-13-5-3-4-6-14(13)9-15/h3-10,12H,11H2,1-2H3. The molecule has 0 atom stereocenters. The van der Waals surface area contributed by atoms with Crippen molar-refractivity contribution >= 4 is 21.9 Å². The van der Waals surface area contributed by atoms with Crippen molar-refractivity contribution in [2.75, 3.05) is 0 Å². The average molecular weight is 387 g/mol. The summed E-state index contributed by atoms with van der Waals surface area (Å²) in [5.41, 5.74) is 1.48. The molecule has 0 aliphatic heterocycles. The normalized spacial score (nSPS) is 11.5. The molecular weight excluding hydrogens is 370 g/mol. The first-order chi connectivity index (χ1) is 14.0. The molecule has 3 heterocycles. The van der Waals surface area contributed by atoms with Gasteiger partial charge in [0.1, 0.15) is 5.69 Å². The molecule has 0 unspecified atom stereocenters. The number of imidazole rings is 1. The molecule has 5 rings (SSSR count). The highest BCUT2D eigenvalue weighted by atomic mass is 16.5. The van der Waals surface area contributed by atoms with E-state index >= 15 is 0 Å². The fourth-order valence-corrected chi connectivity index (χ4v) is 3.56. The molecule has 5 aromatic rings. The van der Waals surface area contributed by atoms with Gasteiger partial charge in [-0.15, -0.1) is 0 Å². The van der Waals surface area contributed by atoms with Crippen LogP contribution in [0.25, 0.3) is 33.3 Å². The lowest BCUT2D eigenvalue weighted by atomic mass is 10.1. The number of nitrogens with zero attached hydrogens (tertiary/aromatic N) is 5. The summed E-state index contributed by atoms with van der Waals surface area (Å²) in [6, 6.07) is 16.0. The Hall–Kier alpha value is -3.94. The van der Waals surface area contributed by atoms with E-state index in [2.05, 4.69) is 22.3 Å². The third-order valence-electron chi connectivity index (χ3n) is 5.14. The lowest BCUT2D eigenvalue weighted by Crippen LogP contribution is -2.37. The predicted molar refractivity (Wildman–Crippen MR) is 109 cm³/mol. The average Bonchev–Trinajstić information content (AvgIpc) is 3.38. The fraction of sp³-hybridized carbons (Fsp3) is 0.143. The van der Waals surface area contributed by atoms with Gasteiger partial charge in [0.15, 0.2) is 16.9 Å². The lowest BCUT2D eigenvalue weighted by molar-refractivity contribution is 0.421. The topological polar surface area (TPSA) is 87.8 Å². The summed E-state index contributed by atoms with van der Waals surface area (Å²) in [6.07, 6.45) is 1.54. The van der Waals surface area contributed by atoms with E-state index < -0.39 is 5.69 Å². The van der Waals surface area contributed by atoms with Gasteiger partial charge in [-0.25, -0.2) is 9.78 Å². The van der Waals surface area contributed by atoms with Crippen LogP contribution >= 0.6 is 0 Å². The van der Waals surface area contributed by atoms with Gasteiger partial charge in [-0.05, 0) is 16.8 Å². The van der Waals surface area contributed by atoms with Crippen molar-refractivity contribution in [2.24, 2.45) is 14.1 Å². The summed E-state index contributed by atoms with van der Waals surface area (Å²) in [4.78, 5) is 28.9. The first-order valence-corrected chi connectivity index (χ1v) is 9.08. The molecule has 0 fully saturated rings. The second-order valence-electron chi connectivity index (χ2n) is 6.99. The molecule has 29 heavy (non-hydrogen) atoms. The van der Waals surface area contributed by atoms with Crippen LogP contribution < -0.4 is 11.2 Å². The molecule has 8 heteroatoms. The van der Waals surface area contributed by atoms with Crippen LogP contribution in [0.4, 0.5) is 0 Å². The van der Waals surface area contributed by atoms with Gasteiger partial charge < -0.3 is 9.09 Å². The number of hydrogen-bond donors (Lipinski definition) is 0. The summed E-state index contributed by atoms with van der Waals surface area (Å²) < 4.78 is 9.65. The zero-order valence-electron chi connectivity index (χ0n) is 15.9. The maximum absolute atomic E-state index is 12.6. The molecule has 0 saturated heterocycles. The van der Waals surface area contributed by atoms with E-state index in [-0.39, 0.29) is 5.56 Å². The van der Waals surface area contributed by atoms with Crippen molar-refractivity contribution in [3.63, 3.8) is 0 Å². The second-order valence-corrected chi connectivity index (χ2v) is 6.99. The van der Waals surface area contributed by atoms with E-state index in [9.17, 15) is 9.59 Å². The number of rotatable bonds is 3. The molecule has 3 aromatic heterocycles. The van der Waals surface area contributed by atoms with E-state index in [0.717, 1.165) is 20.9 Å². The molecule has 0 radical (unpaired) electrons. The maximum atomic E-state index is 12.6. The Morgan fingerprint density at radius 1 is 0.966 bits per heavy atom. The minimum absolute atomic E-state index is 0.307. The molecule has 2 aromatic carbocycles. The highest BCUT2D eigenvalue weighted by Crippen LogP contribution is 2.25. The van der Waals surface area contributed by atoms with Crippen LogP contribution in [0.1, 0.15) is 5.69 Å². The minimum atomic E-state index is -0.409. The van der Waals surface area contributed by atoms with Crippen molar-refractivity contribution in [3.05, 3.63) is 81.4 Å². The fourth-order valence-electron chi connectivity index (χ4n) is 3.56. The SMILES string of the molecule is Cn1c(=O)c2c(ncn2Cc2cc(-c3ccc4ccccc4c3)on2)n(C)c1=O. The highest BCUT2D eigenvalue weighted by molar-refractivity contribution is 5.86. The summed E-state index contributed by atoms with van der Waals surface area (Å²) >= 11 is 0. The summed E-state index contributed by atoms with van der Waals surface area (Å²) in [7, 11) is 3.05. The number of fused-ring (bicyclic) bond motifs is 2. The molecule has 144 valence electrons. The Bertz CT molecular complexity index is 1500. The van der Waals surface area contributed by atoms with Gasteiger partial charge in [0.25, 0.3) is 5.56 Å². The van der Waals surface area contributed by atoms with E-state index in [1.165, 1.54) is 17.9 Å². The van der Waals surface area contributed by atoms with E-state index in [4.69, 9.17) is 4.52 Å². The lowest BCUT2D eigenvalue weighted by Gasteiger charge is -2.05. The summed E-state index contributed by atoms with van der Waals surface area (Å²) in [5.74, 6) is 0.649. The van der Waals surface area contributed by atoms with Gasteiger partial charge in [-0.1, -0.05) is 41.6 Å². The molecule has 8 nitrogen and oxygen atoms in total. The van der Waals surface area contributed by atoms with E-state index in [1.807, 2.05) is 36.4 Å². The Balaban J connectivity index is 1.53. The Kier molecular flexibility index (Phi) is 3.73. The predicted octanol–water partition coefficient (Wildman–Crippen LogP) is 2.29. The number of aryl methyl sites for hydroxylation is 1. The highest BCUT2D eigenvalue weighted by Gasteiger charge is 2.16. The number of aromatic nitrogens is 5. The third-order valence-corrected chi connectivity index (χ3v) is 5.14. The van der Waals surface area contributed by atoms with E-state index in [1.54, 1.807) is 11.6 Å². The van der Waals surface area contributed by atoms with Crippen molar-refractivity contribution in [3.8, 4) is 11.3 Å². The summed E-state index contributed by atoms with van der Waals surface area (Å²) in [5, 5.41) is 6.42. The Morgan fingerprint density at radius 2 is 1.76 bits per heavy atom. The monoisotopic (exact) mass is 387 g/mol. The zero-order chi connectivity index (χ0) is 20.1. The molecule has 0 amide bonds. The summed E-state index contributed by atoms with van der Waals surface area (Å²) in [6.45, 7) is 0.307. The smallest absolute Gasteiger partial charge is 0.332 e. The largest absolute Gasteiger partial charge is 0.356 e. The van der Waals surface area contributed by atoms with Gasteiger partial charge >= 0.3 is 5.69 Å². The molecule has 0 spiro atoms. The van der Waals surface area contributed by atoms with Crippen LogP contribution in [0, 0.1) is 0 Å². The molecular formula is C21H17N5O3. The van der Waals surface area contributed by atoms with Gasteiger partial charge in [0.05, 0.1) is 12.9 Å². The maximum Gasteiger partial charge on any atom is 0.332 e. The van der Waals surface area contributed by atoms with Crippen molar-refractivity contribution < 1.29 is 4.52 Å². The minimum Gasteiger partial charge on any atom is -0.356 e. The van der Waals surface area contributed by atoms with Crippen LogP contribution in [0.2, 0.25) is 0 Å². The number of benzene rings is 2. The van der Waals surface area contributed by atoms with Gasteiger partial charge in [-0.2, -0.15) is 0 Å². The molecule has 0 aliphatic rings. The van der Waals surface area contributed by atoms with Crippen LogP contribution in [0.5, 0.6) is 0 Å². The molecule has 0 aliphatic carbocycles. The van der Waals surface area contributed by atoms with Crippen LogP contribution in [-0.2, 0) is 20.6 Å². The Labute approximate surface area is 164 Å². The quantitative estimate of drug-likeness (QED) is 0.474. The first-order valence-electron chi connectivity index (χ1n) is 9.08. The first kappa shape index (κ1) is 17.2. The van der Waals surface area contributed by atoms with Gasteiger partial charge in [0.2, 0.25) is 0 Å². The van der Waals surface area contributed by atoms with Gasteiger partial charge in [-0.3, -0.25) is 13.9 Å². The van der Waals surface area contributed by atoms with E-state index in [0.29, 0.717) is 29.2 Å². The van der Waals surface area contributed by atoms with Gasteiger partial charge in [0, 0.05) is 25.7 Å². The second kappa shape index (κ2) is 6.30. The van der Waals surface area contributed by atoms with Crippen LogP contribution in [0.15, 0.2) is 69.0 Å². The molecule has 0 bridgehead atoms. The number of hydrogen-bond acceptors (Lipinski definition) is 5. The zero-order valence-corrected chi connectivity index (χ0v) is 15.9. The van der Waals surface area contributed by atoms with Crippen LogP contribution in [-0.4, -0.2) is 23.8 Å². The molecule has 0 N–H and O–H groups in total. The van der Waals surface area contributed by atoms with Crippen molar-refractivity contribution in [2.45, 2.75) is 6.54 Å². The third kappa shape index (κ3) is 2.68. The Morgan fingerprint density at radius 3 is 2.59 bits per heavy atom. The van der Waals surface area contributed by atoms with Crippen molar-refractivity contribution in [1.29, 1.82) is 0 Å². The molecule has 0 saturated carbocycles. The van der Waals surface area contributed by atoms with Crippen LogP contribution in [0.3, 0.4) is 0 Å². The van der Waals surface area contributed by atoms with Crippen molar-refractivity contribution in [1.82, 2.24) is 23.8 Å².